The largest absolute Gasteiger partial charge is 0.364 e. The number of fused-ring (bicyclic) bond motifs is 1. The van der Waals surface area contributed by atoms with Crippen LogP contribution in [0.2, 0.25) is 5.02 Å². The number of nitrogens with one attached hydrogen (secondary N) is 1. The van der Waals surface area contributed by atoms with E-state index >= 15 is 0 Å². The van der Waals surface area contributed by atoms with Crippen molar-refractivity contribution in [3.8, 4) is 0 Å². The first kappa shape index (κ1) is 11.9. The lowest BCUT2D eigenvalue weighted by atomic mass is 10.2. The van der Waals surface area contributed by atoms with E-state index in [-0.39, 0.29) is 0 Å². The van der Waals surface area contributed by atoms with Crippen LogP contribution in [-0.2, 0) is 6.54 Å². The van der Waals surface area contributed by atoms with Crippen LogP contribution in [0.4, 0.5) is 5.82 Å². The van der Waals surface area contributed by atoms with Crippen molar-refractivity contribution >= 4 is 28.2 Å². The summed E-state index contributed by atoms with van der Waals surface area (Å²) >= 11 is 5.86. The van der Waals surface area contributed by atoms with Gasteiger partial charge in [0.05, 0.1) is 6.20 Å². The van der Waals surface area contributed by atoms with Crippen molar-refractivity contribution in [3.05, 3.63) is 65.3 Å². The van der Waals surface area contributed by atoms with Gasteiger partial charge in [-0.2, -0.15) is 5.10 Å². The zero-order valence-electron chi connectivity index (χ0n) is 10.2. The Labute approximate surface area is 116 Å². The highest BCUT2D eigenvalue weighted by atomic mass is 35.5. The smallest absolute Gasteiger partial charge is 0.156 e. The molecule has 0 saturated carbocycles. The summed E-state index contributed by atoms with van der Waals surface area (Å²) in [6.07, 6.45) is 1.77. The standard InChI is InChI=1S/C15H12ClN3/c16-13-7-5-11(6-8-13)9-17-15-14-4-2-1-3-12(14)10-18-19-15/h1-8,10H,9H2,(H,17,19). The second kappa shape index (κ2) is 5.24. The molecule has 0 aliphatic rings. The fourth-order valence-corrected chi connectivity index (χ4v) is 2.07. The first-order valence-electron chi connectivity index (χ1n) is 6.02. The number of aromatic nitrogens is 2. The van der Waals surface area contributed by atoms with Gasteiger partial charge in [-0.3, -0.25) is 0 Å². The topological polar surface area (TPSA) is 37.8 Å². The Morgan fingerprint density at radius 1 is 1.00 bits per heavy atom. The van der Waals surface area contributed by atoms with Crippen molar-refractivity contribution in [1.82, 2.24) is 10.2 Å². The van der Waals surface area contributed by atoms with Crippen molar-refractivity contribution in [1.29, 1.82) is 0 Å². The van der Waals surface area contributed by atoms with Crippen LogP contribution in [0, 0.1) is 0 Å². The van der Waals surface area contributed by atoms with E-state index in [9.17, 15) is 0 Å². The summed E-state index contributed by atoms with van der Waals surface area (Å²) in [4.78, 5) is 0. The molecule has 0 atom stereocenters. The van der Waals surface area contributed by atoms with E-state index in [1.165, 1.54) is 0 Å². The third kappa shape index (κ3) is 2.66. The maximum atomic E-state index is 5.86. The summed E-state index contributed by atoms with van der Waals surface area (Å²) < 4.78 is 0. The molecule has 4 heteroatoms. The molecule has 3 aromatic rings. The van der Waals surface area contributed by atoms with Gasteiger partial charge in [-0.25, -0.2) is 0 Å². The third-order valence-corrected chi connectivity index (χ3v) is 3.20. The van der Waals surface area contributed by atoms with Crippen LogP contribution in [0.5, 0.6) is 0 Å². The van der Waals surface area contributed by atoms with E-state index in [2.05, 4.69) is 15.5 Å². The Balaban J connectivity index is 1.84. The highest BCUT2D eigenvalue weighted by Crippen LogP contribution is 2.20. The molecular formula is C15H12ClN3. The zero-order chi connectivity index (χ0) is 13.1. The van der Waals surface area contributed by atoms with E-state index < -0.39 is 0 Å². The number of hydrogen-bond donors (Lipinski definition) is 1. The lowest BCUT2D eigenvalue weighted by molar-refractivity contribution is 1.02. The summed E-state index contributed by atoms with van der Waals surface area (Å²) in [7, 11) is 0. The van der Waals surface area contributed by atoms with E-state index in [0.29, 0.717) is 6.54 Å². The van der Waals surface area contributed by atoms with E-state index in [1.807, 2.05) is 48.5 Å². The molecule has 0 unspecified atom stereocenters. The van der Waals surface area contributed by atoms with Crippen LogP contribution in [0.25, 0.3) is 10.8 Å². The van der Waals surface area contributed by atoms with Crippen LogP contribution < -0.4 is 5.32 Å². The molecule has 0 saturated heterocycles. The van der Waals surface area contributed by atoms with Crippen molar-refractivity contribution in [2.75, 3.05) is 5.32 Å². The fourth-order valence-electron chi connectivity index (χ4n) is 1.95. The number of halogens is 1. The van der Waals surface area contributed by atoms with E-state index in [4.69, 9.17) is 11.6 Å². The first-order chi connectivity index (χ1) is 9.33. The molecule has 0 spiro atoms. The number of hydrogen-bond acceptors (Lipinski definition) is 3. The SMILES string of the molecule is Clc1ccc(CNc2nncc3ccccc23)cc1. The number of anilines is 1. The molecule has 1 heterocycles. The Bertz CT molecular complexity index is 690. The van der Waals surface area contributed by atoms with Gasteiger partial charge in [0.2, 0.25) is 0 Å². The summed E-state index contributed by atoms with van der Waals surface area (Å²) in [6.45, 7) is 0.694. The fraction of sp³-hybridized carbons (Fsp3) is 0.0667. The number of nitrogens with zero attached hydrogens (tertiary/aromatic N) is 2. The maximum absolute atomic E-state index is 5.86. The molecule has 1 N–H and O–H groups in total. The minimum absolute atomic E-state index is 0.694. The van der Waals surface area contributed by atoms with Gasteiger partial charge in [0, 0.05) is 22.3 Å². The minimum Gasteiger partial charge on any atom is -0.364 e. The Hall–Kier alpha value is -2.13. The zero-order valence-corrected chi connectivity index (χ0v) is 10.9. The molecule has 0 fully saturated rings. The molecular weight excluding hydrogens is 258 g/mol. The summed E-state index contributed by atoms with van der Waals surface area (Å²) in [5.41, 5.74) is 1.15. The first-order valence-corrected chi connectivity index (χ1v) is 6.39. The predicted molar refractivity (Wildman–Crippen MR) is 78.3 cm³/mol. The molecule has 2 aromatic carbocycles. The average Bonchev–Trinajstić information content (AvgIpc) is 2.47. The van der Waals surface area contributed by atoms with Crippen molar-refractivity contribution < 1.29 is 0 Å². The second-order valence-corrected chi connectivity index (χ2v) is 4.70. The molecule has 0 aliphatic carbocycles. The molecule has 3 rings (SSSR count). The second-order valence-electron chi connectivity index (χ2n) is 4.26. The predicted octanol–water partition coefficient (Wildman–Crippen LogP) is 3.90. The summed E-state index contributed by atoms with van der Waals surface area (Å²) in [6, 6.07) is 15.8. The minimum atomic E-state index is 0.694. The molecule has 1 aromatic heterocycles. The van der Waals surface area contributed by atoms with E-state index in [0.717, 1.165) is 27.2 Å². The molecule has 0 amide bonds. The number of benzene rings is 2. The normalized spacial score (nSPS) is 10.6. The molecule has 19 heavy (non-hydrogen) atoms. The Morgan fingerprint density at radius 3 is 2.63 bits per heavy atom. The van der Waals surface area contributed by atoms with Gasteiger partial charge in [0.15, 0.2) is 5.82 Å². The lowest BCUT2D eigenvalue weighted by Crippen LogP contribution is -2.02. The Morgan fingerprint density at radius 2 is 1.79 bits per heavy atom. The number of rotatable bonds is 3. The quantitative estimate of drug-likeness (QED) is 0.784. The highest BCUT2D eigenvalue weighted by molar-refractivity contribution is 6.30. The Kier molecular flexibility index (Phi) is 3.29. The highest BCUT2D eigenvalue weighted by Gasteiger charge is 2.02. The lowest BCUT2D eigenvalue weighted by Gasteiger charge is -2.07. The monoisotopic (exact) mass is 269 g/mol. The van der Waals surface area contributed by atoms with Crippen LogP contribution in [-0.4, -0.2) is 10.2 Å². The average molecular weight is 270 g/mol. The van der Waals surface area contributed by atoms with Crippen molar-refractivity contribution in [3.63, 3.8) is 0 Å². The molecule has 0 bridgehead atoms. The van der Waals surface area contributed by atoms with Gasteiger partial charge >= 0.3 is 0 Å². The van der Waals surface area contributed by atoms with E-state index in [1.54, 1.807) is 6.20 Å². The van der Waals surface area contributed by atoms with Crippen LogP contribution in [0.1, 0.15) is 5.56 Å². The molecule has 94 valence electrons. The van der Waals surface area contributed by atoms with Crippen LogP contribution in [0.15, 0.2) is 54.7 Å². The molecule has 3 nitrogen and oxygen atoms in total. The van der Waals surface area contributed by atoms with Gasteiger partial charge in [-0.05, 0) is 17.7 Å². The van der Waals surface area contributed by atoms with Gasteiger partial charge in [0.1, 0.15) is 0 Å². The molecule has 0 radical (unpaired) electrons. The van der Waals surface area contributed by atoms with Crippen molar-refractivity contribution in [2.24, 2.45) is 0 Å². The van der Waals surface area contributed by atoms with Crippen LogP contribution >= 0.6 is 11.6 Å². The van der Waals surface area contributed by atoms with Gasteiger partial charge in [0.25, 0.3) is 0 Å². The van der Waals surface area contributed by atoms with Gasteiger partial charge in [-0.15, -0.1) is 5.10 Å². The summed E-state index contributed by atoms with van der Waals surface area (Å²) in [5, 5.41) is 14.4. The van der Waals surface area contributed by atoms with Gasteiger partial charge < -0.3 is 5.32 Å². The third-order valence-electron chi connectivity index (χ3n) is 2.94. The molecule has 0 aliphatic heterocycles. The summed E-state index contributed by atoms with van der Waals surface area (Å²) in [5.74, 6) is 0.799. The van der Waals surface area contributed by atoms with Crippen LogP contribution in [0.3, 0.4) is 0 Å². The van der Waals surface area contributed by atoms with Crippen molar-refractivity contribution in [2.45, 2.75) is 6.54 Å². The maximum Gasteiger partial charge on any atom is 0.156 e. The van der Waals surface area contributed by atoms with Gasteiger partial charge in [-0.1, -0.05) is 48.0 Å².